The summed E-state index contributed by atoms with van der Waals surface area (Å²) in [4.78, 5) is 8.40. The van der Waals surface area contributed by atoms with Crippen LogP contribution in [0.4, 0.5) is 5.82 Å². The van der Waals surface area contributed by atoms with Crippen LogP contribution in [0, 0.1) is 13.8 Å². The number of aryl methyl sites for hydroxylation is 1. The van der Waals surface area contributed by atoms with Crippen LogP contribution < -0.4 is 10.6 Å². The molecule has 76 valence electrons. The first kappa shape index (κ1) is 9.40. The Hall–Kier alpha value is -1.16. The van der Waals surface area contributed by atoms with Crippen LogP contribution in [0.15, 0.2) is 6.33 Å². The summed E-state index contributed by atoms with van der Waals surface area (Å²) in [5.41, 5.74) is 2.20. The second kappa shape index (κ2) is 3.92. The van der Waals surface area contributed by atoms with Gasteiger partial charge in [-0.15, -0.1) is 0 Å². The number of nitrogens with one attached hydrogen (secondary N) is 2. The van der Waals surface area contributed by atoms with Gasteiger partial charge in [0.25, 0.3) is 0 Å². The summed E-state index contributed by atoms with van der Waals surface area (Å²) < 4.78 is 0. The van der Waals surface area contributed by atoms with E-state index in [1.54, 1.807) is 6.33 Å². The lowest BCUT2D eigenvalue weighted by Crippen LogP contribution is -2.23. The van der Waals surface area contributed by atoms with Gasteiger partial charge in [-0.3, -0.25) is 0 Å². The van der Waals surface area contributed by atoms with Gasteiger partial charge in [0.1, 0.15) is 12.1 Å². The summed E-state index contributed by atoms with van der Waals surface area (Å²) in [6, 6.07) is 0.517. The van der Waals surface area contributed by atoms with E-state index in [1.165, 1.54) is 6.42 Å². The Kier molecular flexibility index (Phi) is 2.63. The second-order valence-corrected chi connectivity index (χ2v) is 3.77. The maximum absolute atomic E-state index is 4.25. The summed E-state index contributed by atoms with van der Waals surface area (Å²) in [7, 11) is 0. The van der Waals surface area contributed by atoms with Gasteiger partial charge in [-0.2, -0.15) is 0 Å². The van der Waals surface area contributed by atoms with Crippen LogP contribution >= 0.6 is 0 Å². The van der Waals surface area contributed by atoms with Gasteiger partial charge >= 0.3 is 0 Å². The molecule has 0 bridgehead atoms. The molecule has 1 saturated heterocycles. The molecule has 1 atom stereocenters. The minimum atomic E-state index is 0.517. The molecule has 1 aliphatic rings. The topological polar surface area (TPSA) is 49.8 Å². The third-order valence-corrected chi connectivity index (χ3v) is 2.74. The Morgan fingerprint density at radius 2 is 2.29 bits per heavy atom. The molecule has 1 fully saturated rings. The van der Waals surface area contributed by atoms with Crippen molar-refractivity contribution in [3.05, 3.63) is 17.6 Å². The molecule has 0 radical (unpaired) electrons. The van der Waals surface area contributed by atoms with Crippen molar-refractivity contribution in [2.45, 2.75) is 26.3 Å². The third-order valence-electron chi connectivity index (χ3n) is 2.74. The lowest BCUT2D eigenvalue weighted by Gasteiger charge is -2.14. The summed E-state index contributed by atoms with van der Waals surface area (Å²) in [5, 5.41) is 6.76. The molecule has 2 N–H and O–H groups in total. The highest BCUT2D eigenvalue weighted by Crippen LogP contribution is 2.15. The van der Waals surface area contributed by atoms with E-state index in [0.29, 0.717) is 6.04 Å². The molecule has 4 heteroatoms. The average molecular weight is 192 g/mol. The van der Waals surface area contributed by atoms with Crippen molar-refractivity contribution in [2.75, 3.05) is 18.4 Å². The minimum Gasteiger partial charge on any atom is -0.366 e. The Bertz CT molecular complexity index is 318. The number of aromatic nitrogens is 2. The molecule has 0 amide bonds. The minimum absolute atomic E-state index is 0.517. The predicted molar refractivity (Wildman–Crippen MR) is 56.4 cm³/mol. The van der Waals surface area contributed by atoms with Crippen molar-refractivity contribution < 1.29 is 0 Å². The van der Waals surface area contributed by atoms with Crippen molar-refractivity contribution in [1.29, 1.82) is 0 Å². The lowest BCUT2D eigenvalue weighted by molar-refractivity contribution is 0.784. The Morgan fingerprint density at radius 3 is 3.00 bits per heavy atom. The number of nitrogens with zero attached hydrogens (tertiary/aromatic N) is 2. The van der Waals surface area contributed by atoms with E-state index in [-0.39, 0.29) is 0 Å². The standard InChI is InChI=1S/C10H16N4/c1-7-8(2)12-6-13-10(7)14-9-3-4-11-5-9/h6,9,11H,3-5H2,1-2H3,(H,12,13,14). The molecular formula is C10H16N4. The van der Waals surface area contributed by atoms with E-state index in [2.05, 4.69) is 27.5 Å². The molecule has 2 rings (SSSR count). The molecule has 1 aromatic heterocycles. The van der Waals surface area contributed by atoms with Crippen molar-refractivity contribution in [1.82, 2.24) is 15.3 Å². The van der Waals surface area contributed by atoms with E-state index in [0.717, 1.165) is 30.2 Å². The van der Waals surface area contributed by atoms with Crippen LogP contribution in [0.2, 0.25) is 0 Å². The Labute approximate surface area is 84.2 Å². The summed E-state index contributed by atoms with van der Waals surface area (Å²) in [6.45, 7) is 6.19. The summed E-state index contributed by atoms with van der Waals surface area (Å²) in [5.74, 6) is 0.978. The molecule has 1 unspecified atom stereocenters. The highest BCUT2D eigenvalue weighted by atomic mass is 15.1. The third kappa shape index (κ3) is 1.85. The normalized spacial score (nSPS) is 21.1. The van der Waals surface area contributed by atoms with E-state index in [1.807, 2.05) is 6.92 Å². The first-order chi connectivity index (χ1) is 6.77. The quantitative estimate of drug-likeness (QED) is 0.730. The highest BCUT2D eigenvalue weighted by Gasteiger charge is 2.15. The zero-order valence-corrected chi connectivity index (χ0v) is 8.67. The van der Waals surface area contributed by atoms with Gasteiger partial charge in [-0.1, -0.05) is 0 Å². The molecule has 14 heavy (non-hydrogen) atoms. The molecular weight excluding hydrogens is 176 g/mol. The molecule has 0 aromatic carbocycles. The molecule has 0 aliphatic carbocycles. The van der Waals surface area contributed by atoms with E-state index < -0.39 is 0 Å². The summed E-state index contributed by atoms with van der Waals surface area (Å²) >= 11 is 0. The van der Waals surface area contributed by atoms with Crippen LogP contribution in [0.25, 0.3) is 0 Å². The summed E-state index contributed by atoms with van der Waals surface area (Å²) in [6.07, 6.45) is 2.79. The first-order valence-electron chi connectivity index (χ1n) is 5.03. The fraction of sp³-hybridized carbons (Fsp3) is 0.600. The van der Waals surface area contributed by atoms with E-state index >= 15 is 0 Å². The van der Waals surface area contributed by atoms with Crippen molar-refractivity contribution in [3.8, 4) is 0 Å². The number of hydrogen-bond acceptors (Lipinski definition) is 4. The maximum Gasteiger partial charge on any atom is 0.132 e. The van der Waals surface area contributed by atoms with E-state index in [4.69, 9.17) is 0 Å². The van der Waals surface area contributed by atoms with Crippen LogP contribution in [0.5, 0.6) is 0 Å². The van der Waals surface area contributed by atoms with Crippen LogP contribution in [-0.4, -0.2) is 29.1 Å². The SMILES string of the molecule is Cc1ncnc(NC2CCNC2)c1C. The zero-order valence-electron chi connectivity index (χ0n) is 8.67. The average Bonchev–Trinajstić information content (AvgIpc) is 2.66. The zero-order chi connectivity index (χ0) is 9.97. The first-order valence-corrected chi connectivity index (χ1v) is 5.03. The second-order valence-electron chi connectivity index (χ2n) is 3.77. The van der Waals surface area contributed by atoms with Crippen molar-refractivity contribution in [3.63, 3.8) is 0 Å². The van der Waals surface area contributed by atoms with Gasteiger partial charge in [-0.05, 0) is 26.8 Å². The molecule has 0 saturated carbocycles. The Morgan fingerprint density at radius 1 is 1.43 bits per heavy atom. The fourth-order valence-corrected chi connectivity index (χ4v) is 1.65. The van der Waals surface area contributed by atoms with Gasteiger partial charge in [0, 0.05) is 23.8 Å². The largest absolute Gasteiger partial charge is 0.366 e. The van der Waals surface area contributed by atoms with Gasteiger partial charge in [0.05, 0.1) is 0 Å². The lowest BCUT2D eigenvalue weighted by atomic mass is 10.2. The molecule has 4 nitrogen and oxygen atoms in total. The van der Waals surface area contributed by atoms with Crippen molar-refractivity contribution >= 4 is 5.82 Å². The number of rotatable bonds is 2. The van der Waals surface area contributed by atoms with Crippen LogP contribution in [0.3, 0.4) is 0 Å². The van der Waals surface area contributed by atoms with Crippen molar-refractivity contribution in [2.24, 2.45) is 0 Å². The van der Waals surface area contributed by atoms with Gasteiger partial charge in [-0.25, -0.2) is 9.97 Å². The molecule has 1 aromatic rings. The maximum atomic E-state index is 4.25. The Balaban J connectivity index is 2.11. The van der Waals surface area contributed by atoms with Gasteiger partial charge in [0.15, 0.2) is 0 Å². The van der Waals surface area contributed by atoms with Gasteiger partial charge in [0.2, 0.25) is 0 Å². The van der Waals surface area contributed by atoms with Gasteiger partial charge < -0.3 is 10.6 Å². The van der Waals surface area contributed by atoms with Crippen LogP contribution in [0.1, 0.15) is 17.7 Å². The molecule has 2 heterocycles. The van der Waals surface area contributed by atoms with E-state index in [9.17, 15) is 0 Å². The smallest absolute Gasteiger partial charge is 0.132 e. The molecule has 0 spiro atoms. The number of anilines is 1. The monoisotopic (exact) mass is 192 g/mol. The molecule has 1 aliphatic heterocycles. The highest BCUT2D eigenvalue weighted by molar-refractivity contribution is 5.45. The predicted octanol–water partition coefficient (Wildman–Crippen LogP) is 0.867. The number of hydrogen-bond donors (Lipinski definition) is 2. The fourth-order valence-electron chi connectivity index (χ4n) is 1.65. The van der Waals surface area contributed by atoms with Crippen LogP contribution in [-0.2, 0) is 0 Å².